The Bertz CT molecular complexity index is 2850. The number of para-hydroxylation sites is 2. The van der Waals surface area contributed by atoms with E-state index in [2.05, 4.69) is 205 Å². The van der Waals surface area contributed by atoms with Crippen LogP contribution in [0.5, 0.6) is 0 Å². The minimum atomic E-state index is 0.950. The Kier molecular flexibility index (Phi) is 8.16. The van der Waals surface area contributed by atoms with Gasteiger partial charge in [0.2, 0.25) is 0 Å². The first-order chi connectivity index (χ1) is 27.3. The number of nitrogens with zero attached hydrogens (tertiary/aromatic N) is 3. The van der Waals surface area contributed by atoms with Crippen LogP contribution in [-0.2, 0) is 0 Å². The minimum Gasteiger partial charge on any atom is -0.310 e. The van der Waals surface area contributed by atoms with Gasteiger partial charge in [-0.2, -0.15) is 0 Å². The summed E-state index contributed by atoms with van der Waals surface area (Å²) in [6.07, 6.45) is 0. The molecule has 10 rings (SSSR count). The lowest BCUT2D eigenvalue weighted by molar-refractivity contribution is 1.28. The molecule has 0 aliphatic heterocycles. The summed E-state index contributed by atoms with van der Waals surface area (Å²) in [5.41, 5.74) is 12.6. The Labute approximate surface area is 320 Å². The van der Waals surface area contributed by atoms with E-state index in [0.29, 0.717) is 0 Å². The highest BCUT2D eigenvalue weighted by Crippen LogP contribution is 2.41. The summed E-state index contributed by atoms with van der Waals surface area (Å²) >= 11 is 0. The molecule has 0 aliphatic carbocycles. The maximum atomic E-state index is 5.48. The summed E-state index contributed by atoms with van der Waals surface area (Å²) in [6.45, 7) is 0. The zero-order chi connectivity index (χ0) is 36.6. The third-order valence-corrected chi connectivity index (χ3v) is 10.4. The van der Waals surface area contributed by atoms with E-state index in [1.165, 1.54) is 16.2 Å². The Balaban J connectivity index is 1.14. The highest BCUT2D eigenvalue weighted by Gasteiger charge is 2.18. The predicted molar refractivity (Wildman–Crippen MR) is 231 cm³/mol. The summed E-state index contributed by atoms with van der Waals surface area (Å²) in [5.74, 6) is 0. The van der Waals surface area contributed by atoms with E-state index >= 15 is 0 Å². The van der Waals surface area contributed by atoms with Crippen molar-refractivity contribution in [3.05, 3.63) is 212 Å². The number of pyridine rings is 2. The number of hydrogen-bond acceptors (Lipinski definition) is 3. The third kappa shape index (κ3) is 6.08. The number of benzene rings is 8. The van der Waals surface area contributed by atoms with Crippen molar-refractivity contribution in [2.75, 3.05) is 4.90 Å². The molecule has 8 aromatic carbocycles. The predicted octanol–water partition coefficient (Wildman–Crippen LogP) is 14.1. The maximum Gasteiger partial charge on any atom is 0.0788 e. The lowest BCUT2D eigenvalue weighted by atomic mass is 9.94. The molecule has 0 saturated heterocycles. The molecule has 2 heterocycles. The molecule has 0 radical (unpaired) electrons. The molecule has 0 spiro atoms. The fourth-order valence-electron chi connectivity index (χ4n) is 7.76. The Morgan fingerprint density at radius 2 is 0.836 bits per heavy atom. The van der Waals surface area contributed by atoms with Gasteiger partial charge in [0.25, 0.3) is 0 Å². The average molecular weight is 702 g/mol. The second-order valence-corrected chi connectivity index (χ2v) is 13.8. The lowest BCUT2D eigenvalue weighted by Crippen LogP contribution is -2.09. The van der Waals surface area contributed by atoms with Crippen LogP contribution in [0.1, 0.15) is 0 Å². The quantitative estimate of drug-likeness (QED) is 0.155. The van der Waals surface area contributed by atoms with Gasteiger partial charge in [0.05, 0.1) is 22.6 Å². The van der Waals surface area contributed by atoms with Crippen LogP contribution in [0, 0.1) is 0 Å². The number of hydrogen-bond donors (Lipinski definition) is 0. The molecule has 0 atom stereocenters. The zero-order valence-corrected chi connectivity index (χ0v) is 30.0. The van der Waals surface area contributed by atoms with Crippen LogP contribution in [-0.4, -0.2) is 9.97 Å². The van der Waals surface area contributed by atoms with Crippen LogP contribution in [0.15, 0.2) is 212 Å². The molecule has 0 N–H and O–H groups in total. The van der Waals surface area contributed by atoms with Crippen molar-refractivity contribution in [1.82, 2.24) is 9.97 Å². The van der Waals surface area contributed by atoms with E-state index in [4.69, 9.17) is 9.97 Å². The molecule has 0 saturated carbocycles. The number of rotatable bonds is 7. The number of aromatic nitrogens is 2. The van der Waals surface area contributed by atoms with Gasteiger partial charge < -0.3 is 4.90 Å². The van der Waals surface area contributed by atoms with Gasteiger partial charge in [-0.15, -0.1) is 0 Å². The van der Waals surface area contributed by atoms with Crippen LogP contribution in [0.3, 0.4) is 0 Å². The Morgan fingerprint density at radius 1 is 0.309 bits per heavy atom. The first-order valence-corrected chi connectivity index (χ1v) is 18.7. The molecule has 0 unspecified atom stereocenters. The molecule has 258 valence electrons. The minimum absolute atomic E-state index is 0.950. The van der Waals surface area contributed by atoms with Crippen molar-refractivity contribution < 1.29 is 0 Å². The molecule has 2 aromatic heterocycles. The number of fused-ring (bicyclic) bond motifs is 5. The van der Waals surface area contributed by atoms with Crippen molar-refractivity contribution in [2.45, 2.75) is 0 Å². The van der Waals surface area contributed by atoms with Crippen molar-refractivity contribution >= 4 is 49.5 Å². The molecule has 0 bridgehead atoms. The molecule has 0 fully saturated rings. The van der Waals surface area contributed by atoms with E-state index < -0.39 is 0 Å². The molecule has 0 aliphatic rings. The van der Waals surface area contributed by atoms with Crippen molar-refractivity contribution in [3.8, 4) is 44.9 Å². The maximum absolute atomic E-state index is 5.48. The molecule has 3 nitrogen and oxygen atoms in total. The first-order valence-electron chi connectivity index (χ1n) is 18.7. The normalized spacial score (nSPS) is 11.3. The Morgan fingerprint density at radius 3 is 1.45 bits per heavy atom. The van der Waals surface area contributed by atoms with E-state index in [-0.39, 0.29) is 0 Å². The van der Waals surface area contributed by atoms with E-state index in [0.717, 1.165) is 78.3 Å². The molecule has 0 amide bonds. The fourth-order valence-corrected chi connectivity index (χ4v) is 7.76. The van der Waals surface area contributed by atoms with Gasteiger partial charge in [-0.25, -0.2) is 9.97 Å². The molecular weight excluding hydrogens is 667 g/mol. The second kappa shape index (κ2) is 13.9. The molecular formula is C52H35N3. The second-order valence-electron chi connectivity index (χ2n) is 13.8. The van der Waals surface area contributed by atoms with Crippen molar-refractivity contribution in [2.24, 2.45) is 0 Å². The first kappa shape index (κ1) is 32.3. The largest absolute Gasteiger partial charge is 0.310 e. The zero-order valence-electron chi connectivity index (χ0n) is 30.0. The summed E-state index contributed by atoms with van der Waals surface area (Å²) < 4.78 is 0. The van der Waals surface area contributed by atoms with Gasteiger partial charge in [0, 0.05) is 49.9 Å². The standard InChI is InChI=1S/C52H35N3/c1-5-16-38(17-6-1)48-33-41(34-49(53-48)39-18-7-2-8-19-39)36-25-27-40(28-26-36)52-47-31-29-37-15-13-14-24-45(37)51(47)46-32-30-44(35-50(46)54-52)55(42-20-9-3-10-21-42)43-22-11-4-12-23-43/h1-35H. The smallest absolute Gasteiger partial charge is 0.0788 e. The Hall–Kier alpha value is -7.36. The van der Waals surface area contributed by atoms with Gasteiger partial charge >= 0.3 is 0 Å². The van der Waals surface area contributed by atoms with Crippen LogP contribution in [0.2, 0.25) is 0 Å². The van der Waals surface area contributed by atoms with Crippen LogP contribution >= 0.6 is 0 Å². The fraction of sp³-hybridized carbons (Fsp3) is 0. The van der Waals surface area contributed by atoms with Crippen molar-refractivity contribution in [1.29, 1.82) is 0 Å². The topological polar surface area (TPSA) is 29.0 Å². The molecule has 55 heavy (non-hydrogen) atoms. The summed E-state index contributed by atoms with van der Waals surface area (Å²) in [7, 11) is 0. The van der Waals surface area contributed by atoms with E-state index in [9.17, 15) is 0 Å². The van der Waals surface area contributed by atoms with Gasteiger partial charge in [-0.3, -0.25) is 0 Å². The highest BCUT2D eigenvalue weighted by molar-refractivity contribution is 6.22. The van der Waals surface area contributed by atoms with Gasteiger partial charge in [0.1, 0.15) is 0 Å². The molecule has 10 aromatic rings. The monoisotopic (exact) mass is 701 g/mol. The van der Waals surface area contributed by atoms with Gasteiger partial charge in [-0.1, -0.05) is 164 Å². The SMILES string of the molecule is c1ccc(-c2cc(-c3ccc(-c4nc5cc(N(c6ccccc6)c6ccccc6)ccc5c5c4ccc4ccccc45)cc3)cc(-c3ccccc3)n2)cc1. The van der Waals surface area contributed by atoms with Crippen LogP contribution < -0.4 is 4.90 Å². The summed E-state index contributed by atoms with van der Waals surface area (Å²) in [6, 6.07) is 75.0. The third-order valence-electron chi connectivity index (χ3n) is 10.4. The van der Waals surface area contributed by atoms with Crippen molar-refractivity contribution in [3.63, 3.8) is 0 Å². The van der Waals surface area contributed by atoms with Gasteiger partial charge in [0.15, 0.2) is 0 Å². The van der Waals surface area contributed by atoms with E-state index in [1.807, 2.05) is 12.1 Å². The average Bonchev–Trinajstić information content (AvgIpc) is 3.27. The van der Waals surface area contributed by atoms with Crippen LogP contribution in [0.25, 0.3) is 77.3 Å². The van der Waals surface area contributed by atoms with Crippen LogP contribution in [0.4, 0.5) is 17.1 Å². The number of anilines is 3. The summed E-state index contributed by atoms with van der Waals surface area (Å²) in [4.78, 5) is 12.9. The van der Waals surface area contributed by atoms with E-state index in [1.54, 1.807) is 0 Å². The lowest BCUT2D eigenvalue weighted by Gasteiger charge is -2.26. The summed E-state index contributed by atoms with van der Waals surface area (Å²) in [5, 5.41) is 5.92. The van der Waals surface area contributed by atoms with Gasteiger partial charge in [-0.05, 0) is 70.4 Å². The molecule has 3 heteroatoms. The highest BCUT2D eigenvalue weighted by atomic mass is 15.1.